The van der Waals surface area contributed by atoms with Crippen molar-refractivity contribution in [3.8, 4) is 0 Å². The van der Waals surface area contributed by atoms with E-state index in [2.05, 4.69) is 9.88 Å². The van der Waals surface area contributed by atoms with E-state index in [-0.39, 0.29) is 11.5 Å². The van der Waals surface area contributed by atoms with Crippen LogP contribution in [0.2, 0.25) is 0 Å². The summed E-state index contributed by atoms with van der Waals surface area (Å²) >= 11 is 0. The van der Waals surface area contributed by atoms with E-state index in [0.717, 1.165) is 17.7 Å². The fraction of sp³-hybridized carbons (Fsp3) is 0.214. The number of pyridine rings is 1. The Bertz CT molecular complexity index is 514. The van der Waals surface area contributed by atoms with Crippen LogP contribution >= 0.6 is 0 Å². The third kappa shape index (κ3) is 3.28. The molecule has 0 saturated heterocycles. The molecule has 4 heteroatoms. The fourth-order valence-electron chi connectivity index (χ4n) is 1.84. The van der Waals surface area contributed by atoms with Gasteiger partial charge in [0.1, 0.15) is 5.82 Å². The Morgan fingerprint density at radius 2 is 2.00 bits per heavy atom. The van der Waals surface area contributed by atoms with Gasteiger partial charge in [0.25, 0.3) is 0 Å². The molecule has 0 amide bonds. The molecule has 0 bridgehead atoms. The minimum atomic E-state index is -0.359. The molecule has 2 N–H and O–H groups in total. The van der Waals surface area contributed by atoms with E-state index in [9.17, 15) is 4.39 Å². The molecule has 1 heterocycles. The average Bonchev–Trinajstić information content (AvgIpc) is 2.35. The van der Waals surface area contributed by atoms with Crippen LogP contribution in [0.3, 0.4) is 0 Å². The Kier molecular flexibility index (Phi) is 3.89. The highest BCUT2D eigenvalue weighted by Gasteiger charge is 2.04. The molecule has 0 atom stereocenters. The van der Waals surface area contributed by atoms with E-state index in [1.807, 2.05) is 31.4 Å². The van der Waals surface area contributed by atoms with Crippen molar-refractivity contribution in [2.45, 2.75) is 13.1 Å². The standard InChI is InChI=1S/C14H16FN3/c1-18(10-12-3-2-6-17-8-12)9-11-4-5-14(16)13(15)7-11/h2-8H,9-10,16H2,1H3. The summed E-state index contributed by atoms with van der Waals surface area (Å²) in [6.07, 6.45) is 3.58. The minimum Gasteiger partial charge on any atom is -0.396 e. The monoisotopic (exact) mass is 245 g/mol. The molecule has 18 heavy (non-hydrogen) atoms. The Labute approximate surface area is 106 Å². The smallest absolute Gasteiger partial charge is 0.146 e. The summed E-state index contributed by atoms with van der Waals surface area (Å²) in [5, 5.41) is 0. The summed E-state index contributed by atoms with van der Waals surface area (Å²) in [6.45, 7) is 1.45. The zero-order valence-corrected chi connectivity index (χ0v) is 10.3. The molecule has 1 aromatic heterocycles. The minimum absolute atomic E-state index is 0.189. The van der Waals surface area contributed by atoms with Gasteiger partial charge in [-0.25, -0.2) is 4.39 Å². The summed E-state index contributed by atoms with van der Waals surface area (Å²) in [6, 6.07) is 8.86. The van der Waals surface area contributed by atoms with Gasteiger partial charge in [-0.15, -0.1) is 0 Å². The normalized spacial score (nSPS) is 10.8. The van der Waals surface area contributed by atoms with Gasteiger partial charge in [-0.3, -0.25) is 9.88 Å². The number of aromatic nitrogens is 1. The van der Waals surface area contributed by atoms with Crippen LogP contribution in [-0.4, -0.2) is 16.9 Å². The Balaban J connectivity index is 1.99. The highest BCUT2D eigenvalue weighted by Crippen LogP contribution is 2.14. The molecular weight excluding hydrogens is 229 g/mol. The molecule has 0 spiro atoms. The third-order valence-electron chi connectivity index (χ3n) is 2.69. The maximum Gasteiger partial charge on any atom is 0.146 e. The molecule has 1 aromatic carbocycles. The van der Waals surface area contributed by atoms with Crippen LogP contribution in [0.25, 0.3) is 0 Å². The highest BCUT2D eigenvalue weighted by molar-refractivity contribution is 5.41. The number of rotatable bonds is 4. The van der Waals surface area contributed by atoms with Gasteiger partial charge in [-0.1, -0.05) is 12.1 Å². The molecular formula is C14H16FN3. The predicted octanol–water partition coefficient (Wildman–Crippen LogP) is 2.43. The molecule has 0 fully saturated rings. The Morgan fingerprint density at radius 1 is 1.22 bits per heavy atom. The van der Waals surface area contributed by atoms with Crippen molar-refractivity contribution in [2.24, 2.45) is 0 Å². The molecule has 2 aromatic rings. The van der Waals surface area contributed by atoms with Gasteiger partial charge in [0.2, 0.25) is 0 Å². The maximum atomic E-state index is 13.3. The lowest BCUT2D eigenvalue weighted by Crippen LogP contribution is -2.17. The first kappa shape index (κ1) is 12.5. The number of hydrogen-bond acceptors (Lipinski definition) is 3. The van der Waals surface area contributed by atoms with Gasteiger partial charge in [0.15, 0.2) is 0 Å². The number of nitrogen functional groups attached to an aromatic ring is 1. The SMILES string of the molecule is CN(Cc1cccnc1)Cc1ccc(N)c(F)c1. The molecule has 0 aliphatic heterocycles. The van der Waals surface area contributed by atoms with Crippen LogP contribution in [0.1, 0.15) is 11.1 Å². The number of halogens is 1. The number of anilines is 1. The lowest BCUT2D eigenvalue weighted by atomic mass is 10.2. The van der Waals surface area contributed by atoms with Crippen LogP contribution in [0.15, 0.2) is 42.7 Å². The summed E-state index contributed by atoms with van der Waals surface area (Å²) in [4.78, 5) is 6.17. The van der Waals surface area contributed by atoms with E-state index >= 15 is 0 Å². The quantitative estimate of drug-likeness (QED) is 0.841. The maximum absolute atomic E-state index is 13.3. The fourth-order valence-corrected chi connectivity index (χ4v) is 1.84. The number of hydrogen-bond donors (Lipinski definition) is 1. The van der Waals surface area contributed by atoms with Crippen LogP contribution < -0.4 is 5.73 Å². The number of nitrogens with two attached hydrogens (primary N) is 1. The predicted molar refractivity (Wildman–Crippen MR) is 70.2 cm³/mol. The zero-order chi connectivity index (χ0) is 13.0. The summed E-state index contributed by atoms with van der Waals surface area (Å²) in [5.74, 6) is -0.359. The molecule has 94 valence electrons. The Hall–Kier alpha value is -1.94. The topological polar surface area (TPSA) is 42.2 Å². The average molecular weight is 245 g/mol. The van der Waals surface area contributed by atoms with E-state index < -0.39 is 0 Å². The van der Waals surface area contributed by atoms with Gasteiger partial charge in [0, 0.05) is 25.5 Å². The molecule has 0 aliphatic carbocycles. The van der Waals surface area contributed by atoms with E-state index in [0.29, 0.717) is 6.54 Å². The molecule has 3 nitrogen and oxygen atoms in total. The van der Waals surface area contributed by atoms with Crippen molar-refractivity contribution in [1.82, 2.24) is 9.88 Å². The van der Waals surface area contributed by atoms with Gasteiger partial charge in [-0.05, 0) is 36.4 Å². The summed E-state index contributed by atoms with van der Waals surface area (Å²) in [7, 11) is 1.99. The van der Waals surface area contributed by atoms with Gasteiger partial charge in [0.05, 0.1) is 5.69 Å². The third-order valence-corrected chi connectivity index (χ3v) is 2.69. The second-order valence-electron chi connectivity index (χ2n) is 4.39. The van der Waals surface area contributed by atoms with Crippen LogP contribution in [0.5, 0.6) is 0 Å². The molecule has 2 rings (SSSR count). The number of benzene rings is 1. The first-order valence-electron chi connectivity index (χ1n) is 5.76. The van der Waals surface area contributed by atoms with Crippen molar-refractivity contribution in [2.75, 3.05) is 12.8 Å². The van der Waals surface area contributed by atoms with E-state index in [1.54, 1.807) is 12.3 Å². The van der Waals surface area contributed by atoms with Crippen LogP contribution in [-0.2, 0) is 13.1 Å². The first-order chi connectivity index (χ1) is 8.65. The second kappa shape index (κ2) is 5.60. The lowest BCUT2D eigenvalue weighted by molar-refractivity contribution is 0.318. The van der Waals surface area contributed by atoms with Gasteiger partial charge < -0.3 is 5.73 Å². The molecule has 0 unspecified atom stereocenters. The zero-order valence-electron chi connectivity index (χ0n) is 10.3. The van der Waals surface area contributed by atoms with E-state index in [4.69, 9.17) is 5.73 Å². The van der Waals surface area contributed by atoms with Gasteiger partial charge >= 0.3 is 0 Å². The van der Waals surface area contributed by atoms with Crippen molar-refractivity contribution in [3.05, 3.63) is 59.7 Å². The number of nitrogens with zero attached hydrogens (tertiary/aromatic N) is 2. The van der Waals surface area contributed by atoms with Gasteiger partial charge in [-0.2, -0.15) is 0 Å². The first-order valence-corrected chi connectivity index (χ1v) is 5.76. The van der Waals surface area contributed by atoms with Crippen molar-refractivity contribution < 1.29 is 4.39 Å². The van der Waals surface area contributed by atoms with Crippen LogP contribution in [0, 0.1) is 5.82 Å². The molecule has 0 radical (unpaired) electrons. The molecule has 0 saturated carbocycles. The molecule has 0 aliphatic rings. The second-order valence-corrected chi connectivity index (χ2v) is 4.39. The summed E-state index contributed by atoms with van der Waals surface area (Å²) < 4.78 is 13.3. The van der Waals surface area contributed by atoms with Crippen molar-refractivity contribution in [1.29, 1.82) is 0 Å². The van der Waals surface area contributed by atoms with E-state index in [1.165, 1.54) is 6.07 Å². The van der Waals surface area contributed by atoms with Crippen molar-refractivity contribution in [3.63, 3.8) is 0 Å². The Morgan fingerprint density at radius 3 is 2.67 bits per heavy atom. The van der Waals surface area contributed by atoms with Crippen LogP contribution in [0.4, 0.5) is 10.1 Å². The highest BCUT2D eigenvalue weighted by atomic mass is 19.1. The van der Waals surface area contributed by atoms with Crippen molar-refractivity contribution >= 4 is 5.69 Å². The summed E-state index contributed by atoms with van der Waals surface area (Å²) in [5.41, 5.74) is 7.68. The lowest BCUT2D eigenvalue weighted by Gasteiger charge is -2.16. The largest absolute Gasteiger partial charge is 0.396 e.